The molecule has 0 atom stereocenters. The third-order valence-corrected chi connectivity index (χ3v) is 3.62. The number of benzene rings is 2. The lowest BCUT2D eigenvalue weighted by Crippen LogP contribution is -2.24. The Bertz CT molecular complexity index is 996. The number of amides is 1. The van der Waals surface area contributed by atoms with Crippen molar-refractivity contribution < 1.29 is 9.53 Å². The zero-order valence-electron chi connectivity index (χ0n) is 14.7. The van der Waals surface area contributed by atoms with Gasteiger partial charge < -0.3 is 9.72 Å². The first-order valence-corrected chi connectivity index (χ1v) is 8.28. The minimum Gasteiger partial charge on any atom is -0.489 e. The molecule has 0 radical (unpaired) electrons. The predicted octanol–water partition coefficient (Wildman–Crippen LogP) is 2.42. The molecule has 1 amide bonds. The molecule has 2 aromatic carbocycles. The average molecular weight is 362 g/mol. The minimum atomic E-state index is -0.574. The number of nitrogens with zero attached hydrogens (tertiary/aromatic N) is 2. The highest BCUT2D eigenvalue weighted by atomic mass is 16.5. The minimum absolute atomic E-state index is 0.0121. The number of aryl methyl sites for hydroxylation is 1. The molecule has 7 nitrogen and oxygen atoms in total. The SMILES string of the molecule is Cc1cc(C(=O)N/N=C/c2ccc(OCc3ccccc3)cc2)nc(=O)[nH]1. The van der Waals surface area contributed by atoms with Crippen LogP contribution < -0.4 is 15.9 Å². The van der Waals surface area contributed by atoms with E-state index in [0.29, 0.717) is 12.3 Å². The maximum Gasteiger partial charge on any atom is 0.345 e. The summed E-state index contributed by atoms with van der Waals surface area (Å²) in [6, 6.07) is 18.7. The first kappa shape index (κ1) is 18.1. The summed E-state index contributed by atoms with van der Waals surface area (Å²) in [5.74, 6) is 0.187. The summed E-state index contributed by atoms with van der Waals surface area (Å²) < 4.78 is 5.71. The molecule has 27 heavy (non-hydrogen) atoms. The van der Waals surface area contributed by atoms with Gasteiger partial charge in [-0.3, -0.25) is 4.79 Å². The maximum absolute atomic E-state index is 12.0. The van der Waals surface area contributed by atoms with Gasteiger partial charge in [0.25, 0.3) is 5.91 Å². The van der Waals surface area contributed by atoms with E-state index in [2.05, 4.69) is 20.5 Å². The van der Waals surface area contributed by atoms with Gasteiger partial charge in [0.1, 0.15) is 18.1 Å². The Morgan fingerprint density at radius 3 is 2.63 bits per heavy atom. The number of hydrogen-bond donors (Lipinski definition) is 2. The summed E-state index contributed by atoms with van der Waals surface area (Å²) >= 11 is 0. The van der Waals surface area contributed by atoms with E-state index in [1.54, 1.807) is 6.92 Å². The van der Waals surface area contributed by atoms with E-state index in [0.717, 1.165) is 16.9 Å². The Kier molecular flexibility index (Phi) is 5.73. The molecule has 136 valence electrons. The number of aromatic nitrogens is 2. The molecule has 1 aromatic heterocycles. The molecule has 0 saturated heterocycles. The van der Waals surface area contributed by atoms with Crippen LogP contribution in [-0.4, -0.2) is 22.1 Å². The monoisotopic (exact) mass is 362 g/mol. The number of hydrazone groups is 1. The van der Waals surface area contributed by atoms with Crippen LogP contribution in [0, 0.1) is 6.92 Å². The lowest BCUT2D eigenvalue weighted by molar-refractivity contribution is 0.0949. The first-order chi connectivity index (χ1) is 13.1. The number of ether oxygens (including phenoxy) is 1. The van der Waals surface area contributed by atoms with E-state index in [9.17, 15) is 9.59 Å². The van der Waals surface area contributed by atoms with Crippen LogP contribution in [0.5, 0.6) is 5.75 Å². The molecule has 3 rings (SSSR count). The largest absolute Gasteiger partial charge is 0.489 e. The van der Waals surface area contributed by atoms with E-state index in [-0.39, 0.29) is 5.69 Å². The van der Waals surface area contributed by atoms with Gasteiger partial charge in [-0.2, -0.15) is 10.1 Å². The number of carbonyl (C=O) groups excluding carboxylic acids is 1. The molecule has 0 spiro atoms. The van der Waals surface area contributed by atoms with E-state index < -0.39 is 11.6 Å². The summed E-state index contributed by atoms with van der Waals surface area (Å²) in [5.41, 5.74) is 4.22. The summed E-state index contributed by atoms with van der Waals surface area (Å²) in [5, 5.41) is 3.88. The smallest absolute Gasteiger partial charge is 0.345 e. The van der Waals surface area contributed by atoms with E-state index in [1.807, 2.05) is 54.6 Å². The van der Waals surface area contributed by atoms with Crippen LogP contribution in [0.2, 0.25) is 0 Å². The van der Waals surface area contributed by atoms with Crippen molar-refractivity contribution in [1.29, 1.82) is 0 Å². The fraction of sp³-hybridized carbons (Fsp3) is 0.100. The van der Waals surface area contributed by atoms with Gasteiger partial charge in [0, 0.05) is 5.69 Å². The molecule has 0 fully saturated rings. The topological polar surface area (TPSA) is 96.4 Å². The van der Waals surface area contributed by atoms with Crippen LogP contribution in [0.4, 0.5) is 0 Å². The van der Waals surface area contributed by atoms with Gasteiger partial charge in [-0.05, 0) is 48.4 Å². The van der Waals surface area contributed by atoms with Crippen LogP contribution in [0.15, 0.2) is 70.6 Å². The van der Waals surface area contributed by atoms with Gasteiger partial charge in [-0.1, -0.05) is 30.3 Å². The third-order valence-electron chi connectivity index (χ3n) is 3.62. The number of nitrogens with one attached hydrogen (secondary N) is 2. The fourth-order valence-electron chi connectivity index (χ4n) is 2.31. The van der Waals surface area contributed by atoms with Crippen molar-refractivity contribution in [1.82, 2.24) is 15.4 Å². The number of hydrogen-bond acceptors (Lipinski definition) is 5. The lowest BCUT2D eigenvalue weighted by atomic mass is 10.2. The van der Waals surface area contributed by atoms with Gasteiger partial charge >= 0.3 is 5.69 Å². The highest BCUT2D eigenvalue weighted by molar-refractivity contribution is 5.93. The third kappa shape index (κ3) is 5.37. The molecule has 0 aliphatic carbocycles. The molecule has 0 saturated carbocycles. The number of rotatable bonds is 6. The molecule has 7 heteroatoms. The van der Waals surface area contributed by atoms with Crippen LogP contribution in [0.3, 0.4) is 0 Å². The van der Waals surface area contributed by atoms with Crippen LogP contribution in [0.1, 0.15) is 27.3 Å². The standard InChI is InChI=1S/C20H18N4O3/c1-14-11-18(23-20(26)22-14)19(25)24-21-12-15-7-9-17(10-8-15)27-13-16-5-3-2-4-6-16/h2-12H,13H2,1H3,(H,24,25)(H,22,23,26)/b21-12+. The Labute approximate surface area is 155 Å². The van der Waals surface area contributed by atoms with Gasteiger partial charge in [0.2, 0.25) is 0 Å². The molecule has 0 unspecified atom stereocenters. The summed E-state index contributed by atoms with van der Waals surface area (Å²) in [6.45, 7) is 2.16. The quantitative estimate of drug-likeness (QED) is 0.520. The average Bonchev–Trinajstić information content (AvgIpc) is 2.67. The summed E-state index contributed by atoms with van der Waals surface area (Å²) in [4.78, 5) is 29.3. The van der Waals surface area contributed by atoms with Crippen molar-refractivity contribution in [3.63, 3.8) is 0 Å². The normalized spacial score (nSPS) is 10.7. The van der Waals surface area contributed by atoms with Crippen molar-refractivity contribution in [3.8, 4) is 5.75 Å². The molecular weight excluding hydrogens is 344 g/mol. The van der Waals surface area contributed by atoms with Crippen LogP contribution in [-0.2, 0) is 6.61 Å². The zero-order valence-corrected chi connectivity index (χ0v) is 14.7. The van der Waals surface area contributed by atoms with Gasteiger partial charge in [0.15, 0.2) is 0 Å². The first-order valence-electron chi connectivity index (χ1n) is 8.28. The van der Waals surface area contributed by atoms with Crippen molar-refractivity contribution in [2.75, 3.05) is 0 Å². The highest BCUT2D eigenvalue weighted by Crippen LogP contribution is 2.13. The predicted molar refractivity (Wildman–Crippen MR) is 102 cm³/mol. The van der Waals surface area contributed by atoms with Gasteiger partial charge in [-0.15, -0.1) is 0 Å². The van der Waals surface area contributed by atoms with Crippen molar-refractivity contribution in [3.05, 3.63) is 93.7 Å². The Balaban J connectivity index is 1.54. The van der Waals surface area contributed by atoms with Crippen LogP contribution in [0.25, 0.3) is 0 Å². The van der Waals surface area contributed by atoms with E-state index >= 15 is 0 Å². The van der Waals surface area contributed by atoms with E-state index in [4.69, 9.17) is 4.74 Å². The molecule has 3 aromatic rings. The fourth-order valence-corrected chi connectivity index (χ4v) is 2.31. The maximum atomic E-state index is 12.0. The Morgan fingerprint density at radius 2 is 1.93 bits per heavy atom. The van der Waals surface area contributed by atoms with Crippen molar-refractivity contribution >= 4 is 12.1 Å². The Morgan fingerprint density at radius 1 is 1.19 bits per heavy atom. The number of carbonyl (C=O) groups is 1. The van der Waals surface area contributed by atoms with Crippen molar-refractivity contribution in [2.45, 2.75) is 13.5 Å². The van der Waals surface area contributed by atoms with Gasteiger partial charge in [-0.25, -0.2) is 10.2 Å². The summed E-state index contributed by atoms with van der Waals surface area (Å²) in [7, 11) is 0. The molecule has 0 aliphatic heterocycles. The van der Waals surface area contributed by atoms with E-state index in [1.165, 1.54) is 12.3 Å². The molecule has 2 N–H and O–H groups in total. The lowest BCUT2D eigenvalue weighted by Gasteiger charge is -2.06. The molecule has 0 bridgehead atoms. The second-order valence-corrected chi connectivity index (χ2v) is 5.80. The molecular formula is C20H18N4O3. The molecule has 0 aliphatic rings. The Hall–Kier alpha value is -3.74. The van der Waals surface area contributed by atoms with Gasteiger partial charge in [0.05, 0.1) is 6.21 Å². The van der Waals surface area contributed by atoms with Crippen molar-refractivity contribution in [2.24, 2.45) is 5.10 Å². The number of aromatic amines is 1. The second-order valence-electron chi connectivity index (χ2n) is 5.80. The zero-order chi connectivity index (χ0) is 19.1. The number of H-pyrrole nitrogens is 1. The second kappa shape index (κ2) is 8.57. The molecule has 1 heterocycles. The van der Waals surface area contributed by atoms with Crippen LogP contribution >= 0.6 is 0 Å². The summed E-state index contributed by atoms with van der Waals surface area (Å²) in [6.07, 6.45) is 1.50. The highest BCUT2D eigenvalue weighted by Gasteiger charge is 2.07.